The first-order valence-electron chi connectivity index (χ1n) is 7.90. The second kappa shape index (κ2) is 6.47. The fraction of sp³-hybridized carbons (Fsp3) is 0.222. The molecule has 1 aliphatic rings. The lowest BCUT2D eigenvalue weighted by molar-refractivity contribution is -0.605. The van der Waals surface area contributed by atoms with Crippen molar-refractivity contribution in [2.45, 2.75) is 19.4 Å². The van der Waals surface area contributed by atoms with E-state index in [4.69, 9.17) is 4.74 Å². The van der Waals surface area contributed by atoms with E-state index in [0.717, 1.165) is 12.4 Å². The van der Waals surface area contributed by atoms with E-state index in [1.165, 1.54) is 17.0 Å². The highest BCUT2D eigenvalue weighted by Gasteiger charge is 2.43. The molecule has 2 amide bonds. The summed E-state index contributed by atoms with van der Waals surface area (Å²) in [7, 11) is 0. The molecule has 0 atom stereocenters. The Morgan fingerprint density at radius 1 is 1.19 bits per heavy atom. The van der Waals surface area contributed by atoms with E-state index >= 15 is 0 Å². The molecule has 0 spiro atoms. The van der Waals surface area contributed by atoms with Gasteiger partial charge >= 0.3 is 5.97 Å². The summed E-state index contributed by atoms with van der Waals surface area (Å²) < 4.78 is 5.59. The van der Waals surface area contributed by atoms with Gasteiger partial charge < -0.3 is 15.3 Å². The second-order valence-electron chi connectivity index (χ2n) is 6.28. The number of amides is 2. The lowest BCUT2D eigenvalue weighted by atomic mass is 9.96. The number of rotatable bonds is 3. The van der Waals surface area contributed by atoms with E-state index in [1.807, 2.05) is 0 Å². The van der Waals surface area contributed by atoms with Crippen LogP contribution in [0.3, 0.4) is 0 Å². The molecule has 0 bridgehead atoms. The molecule has 0 saturated carbocycles. The summed E-state index contributed by atoms with van der Waals surface area (Å²) in [5.41, 5.74) is 0.0596. The summed E-state index contributed by atoms with van der Waals surface area (Å²) in [5.74, 6) is -1.59. The second-order valence-corrected chi connectivity index (χ2v) is 6.28. The minimum absolute atomic E-state index is 0.154. The highest BCUT2D eigenvalue weighted by atomic mass is 16.5. The molecule has 8 nitrogen and oxygen atoms in total. The number of nitrogens with one attached hydrogen (secondary N) is 1. The fourth-order valence-corrected chi connectivity index (χ4v) is 2.72. The lowest BCUT2D eigenvalue weighted by Gasteiger charge is -2.41. The number of anilines is 2. The maximum atomic E-state index is 12.7. The molecule has 0 aliphatic carbocycles. The van der Waals surface area contributed by atoms with E-state index in [-0.39, 0.29) is 11.5 Å². The number of para-hydroxylation sites is 2. The van der Waals surface area contributed by atoms with Crippen LogP contribution < -0.4 is 14.9 Å². The molecule has 0 radical (unpaired) electrons. The number of carbonyl (C=O) groups is 3. The Bertz CT molecular complexity index is 877. The van der Waals surface area contributed by atoms with Gasteiger partial charge in [-0.3, -0.25) is 14.5 Å². The average molecular weight is 355 g/mol. The molecule has 2 heterocycles. The largest absolute Gasteiger partial charge is 0.619 e. The summed E-state index contributed by atoms with van der Waals surface area (Å²) in [4.78, 5) is 38.4. The molecule has 3 rings (SSSR count). The Morgan fingerprint density at radius 2 is 1.85 bits per heavy atom. The van der Waals surface area contributed by atoms with Gasteiger partial charge in [-0.25, -0.2) is 4.79 Å². The summed E-state index contributed by atoms with van der Waals surface area (Å²) >= 11 is 0. The third kappa shape index (κ3) is 3.08. The molecule has 8 heteroatoms. The van der Waals surface area contributed by atoms with Crippen molar-refractivity contribution in [3.8, 4) is 0 Å². The standard InChI is InChI=1S/C18H17N3O5/c1-18(2)17(24)19-13-5-3-4-6-14(13)21(18)15(22)11-26-16(23)12-7-9-20(25)10-8-12/h3-10H,11H2,1-2H3,(H,19,24). The first-order valence-corrected chi connectivity index (χ1v) is 7.90. The molecule has 26 heavy (non-hydrogen) atoms. The summed E-state index contributed by atoms with van der Waals surface area (Å²) in [5, 5.41) is 13.8. The Morgan fingerprint density at radius 3 is 2.54 bits per heavy atom. The molecule has 0 unspecified atom stereocenters. The highest BCUT2D eigenvalue weighted by molar-refractivity contribution is 6.14. The molecule has 0 fully saturated rings. The van der Waals surface area contributed by atoms with Gasteiger partial charge in [0, 0.05) is 12.1 Å². The van der Waals surface area contributed by atoms with Crippen LogP contribution >= 0.6 is 0 Å². The first kappa shape index (κ1) is 17.4. The number of carbonyl (C=O) groups excluding carboxylic acids is 3. The molecule has 1 N–H and O–H groups in total. The number of hydrogen-bond donors (Lipinski definition) is 1. The third-order valence-electron chi connectivity index (χ3n) is 4.12. The third-order valence-corrected chi connectivity index (χ3v) is 4.12. The van der Waals surface area contributed by atoms with E-state index in [9.17, 15) is 19.6 Å². The van der Waals surface area contributed by atoms with Crippen LogP contribution in [-0.4, -0.2) is 29.9 Å². The van der Waals surface area contributed by atoms with Gasteiger partial charge in [0.25, 0.3) is 5.91 Å². The van der Waals surface area contributed by atoms with E-state index in [0.29, 0.717) is 16.1 Å². The topological polar surface area (TPSA) is 103 Å². The van der Waals surface area contributed by atoms with Crippen molar-refractivity contribution in [2.24, 2.45) is 0 Å². The maximum absolute atomic E-state index is 12.7. The van der Waals surface area contributed by atoms with Crippen LogP contribution in [0.1, 0.15) is 24.2 Å². The number of aromatic nitrogens is 1. The van der Waals surface area contributed by atoms with Crippen molar-refractivity contribution in [1.82, 2.24) is 0 Å². The molecular weight excluding hydrogens is 338 g/mol. The first-order chi connectivity index (χ1) is 12.3. The fourth-order valence-electron chi connectivity index (χ4n) is 2.72. The molecule has 1 aliphatic heterocycles. The summed E-state index contributed by atoms with van der Waals surface area (Å²) in [6, 6.07) is 9.50. The number of ether oxygens (including phenoxy) is 1. The summed E-state index contributed by atoms with van der Waals surface area (Å²) in [6.45, 7) is 2.69. The number of esters is 1. The smallest absolute Gasteiger partial charge is 0.339 e. The molecule has 1 aromatic carbocycles. The zero-order valence-electron chi connectivity index (χ0n) is 14.3. The van der Waals surface area contributed by atoms with Gasteiger partial charge in [0.15, 0.2) is 19.0 Å². The van der Waals surface area contributed by atoms with Crippen molar-refractivity contribution in [1.29, 1.82) is 0 Å². The van der Waals surface area contributed by atoms with Crippen molar-refractivity contribution >= 4 is 29.2 Å². The molecule has 2 aromatic rings. The van der Waals surface area contributed by atoms with Crippen LogP contribution in [0.4, 0.5) is 11.4 Å². The normalized spacial score (nSPS) is 15.0. The number of hydrogen-bond acceptors (Lipinski definition) is 5. The zero-order chi connectivity index (χ0) is 18.9. The van der Waals surface area contributed by atoms with Crippen molar-refractivity contribution < 1.29 is 23.9 Å². The predicted octanol–water partition coefficient (Wildman–Crippen LogP) is 1.24. The Labute approximate surface area is 149 Å². The molecule has 1 aromatic heterocycles. The van der Waals surface area contributed by atoms with Crippen LogP contribution in [0.2, 0.25) is 0 Å². The van der Waals surface area contributed by atoms with Crippen LogP contribution in [0, 0.1) is 5.21 Å². The van der Waals surface area contributed by atoms with E-state index < -0.39 is 24.0 Å². The average Bonchev–Trinajstić information content (AvgIpc) is 2.61. The minimum atomic E-state index is -1.14. The van der Waals surface area contributed by atoms with Crippen molar-refractivity contribution in [3.63, 3.8) is 0 Å². The quantitative estimate of drug-likeness (QED) is 0.507. The maximum Gasteiger partial charge on any atom is 0.339 e. The summed E-state index contributed by atoms with van der Waals surface area (Å²) in [6.07, 6.45) is 2.32. The van der Waals surface area contributed by atoms with Gasteiger partial charge in [-0.2, -0.15) is 4.73 Å². The Kier molecular flexibility index (Phi) is 4.33. The number of nitrogens with zero attached hydrogens (tertiary/aromatic N) is 2. The van der Waals surface area contributed by atoms with Gasteiger partial charge in [0.05, 0.1) is 16.9 Å². The predicted molar refractivity (Wildman–Crippen MR) is 92.3 cm³/mol. The van der Waals surface area contributed by atoms with Gasteiger partial charge in [-0.05, 0) is 26.0 Å². The SMILES string of the molecule is CC1(C)C(=O)Nc2ccccc2N1C(=O)COC(=O)c1cc[n+]([O-])cc1. The number of benzene rings is 1. The van der Waals surface area contributed by atoms with Crippen LogP contribution in [-0.2, 0) is 14.3 Å². The van der Waals surface area contributed by atoms with E-state index in [1.54, 1.807) is 38.1 Å². The van der Waals surface area contributed by atoms with Crippen LogP contribution in [0.15, 0.2) is 48.8 Å². The monoisotopic (exact) mass is 355 g/mol. The number of pyridine rings is 1. The van der Waals surface area contributed by atoms with Gasteiger partial charge in [-0.1, -0.05) is 12.1 Å². The van der Waals surface area contributed by atoms with Gasteiger partial charge in [0.2, 0.25) is 5.91 Å². The van der Waals surface area contributed by atoms with Gasteiger partial charge in [-0.15, -0.1) is 0 Å². The van der Waals surface area contributed by atoms with E-state index in [2.05, 4.69) is 5.32 Å². The zero-order valence-corrected chi connectivity index (χ0v) is 14.3. The van der Waals surface area contributed by atoms with Crippen molar-refractivity contribution in [2.75, 3.05) is 16.8 Å². The van der Waals surface area contributed by atoms with Crippen LogP contribution in [0.25, 0.3) is 0 Å². The Balaban J connectivity index is 1.79. The van der Waals surface area contributed by atoms with Crippen LogP contribution in [0.5, 0.6) is 0 Å². The van der Waals surface area contributed by atoms with Crippen molar-refractivity contribution in [3.05, 3.63) is 59.6 Å². The molecule has 134 valence electrons. The lowest BCUT2D eigenvalue weighted by Crippen LogP contribution is -2.59. The highest BCUT2D eigenvalue weighted by Crippen LogP contribution is 2.36. The molecule has 0 saturated heterocycles. The number of fused-ring (bicyclic) bond motifs is 1. The van der Waals surface area contributed by atoms with Gasteiger partial charge in [0.1, 0.15) is 5.54 Å². The Hall–Kier alpha value is -3.42. The minimum Gasteiger partial charge on any atom is -0.619 e. The molecular formula is C18H17N3O5.